The largest absolute Gasteiger partial charge is 0.416 e. The maximum atomic E-state index is 12.6. The number of rotatable bonds is 6. The molecule has 1 fully saturated rings. The molecule has 27 heavy (non-hydrogen) atoms. The van der Waals surface area contributed by atoms with Crippen molar-refractivity contribution < 1.29 is 17.9 Å². The van der Waals surface area contributed by atoms with Crippen molar-refractivity contribution in [2.45, 2.75) is 37.2 Å². The van der Waals surface area contributed by atoms with Crippen LogP contribution in [0.1, 0.15) is 30.9 Å². The Morgan fingerprint density at radius 2 is 1.81 bits per heavy atom. The Morgan fingerprint density at radius 1 is 1.19 bits per heavy atom. The Kier molecular flexibility index (Phi) is 10.2. The number of aliphatic imine (C=N–C) groups is 1. The molecule has 0 bridgehead atoms. The highest BCUT2D eigenvalue weighted by Crippen LogP contribution is 2.34. The standard InChI is InChI=1S/C18H26F3N3OS.HI/c1-3-26-17(8-10-25-11-9-17)13-24-16(22-2)23-12-14-4-6-15(7-5-14)18(19,20)21;/h4-7H,3,8-13H2,1-2H3,(H2,22,23,24);1H. The molecule has 0 saturated carbocycles. The quantitative estimate of drug-likeness (QED) is 0.336. The molecule has 9 heteroatoms. The molecule has 154 valence electrons. The number of nitrogens with zero attached hydrogens (tertiary/aromatic N) is 1. The molecule has 2 rings (SSSR count). The van der Waals surface area contributed by atoms with Crippen molar-refractivity contribution in [1.29, 1.82) is 0 Å². The fourth-order valence-electron chi connectivity index (χ4n) is 2.88. The van der Waals surface area contributed by atoms with Crippen molar-refractivity contribution in [1.82, 2.24) is 10.6 Å². The molecule has 0 aromatic heterocycles. The van der Waals surface area contributed by atoms with Crippen molar-refractivity contribution in [2.24, 2.45) is 4.99 Å². The molecule has 1 saturated heterocycles. The molecule has 1 aromatic carbocycles. The molecule has 1 aliphatic heterocycles. The number of halogens is 4. The van der Waals surface area contributed by atoms with E-state index in [1.54, 1.807) is 7.05 Å². The van der Waals surface area contributed by atoms with E-state index in [0.717, 1.165) is 56.0 Å². The van der Waals surface area contributed by atoms with E-state index in [1.807, 2.05) is 11.8 Å². The molecular weight excluding hydrogens is 490 g/mol. The van der Waals surface area contributed by atoms with Gasteiger partial charge in [-0.2, -0.15) is 24.9 Å². The van der Waals surface area contributed by atoms with E-state index in [1.165, 1.54) is 12.1 Å². The summed E-state index contributed by atoms with van der Waals surface area (Å²) < 4.78 is 43.4. The number of benzene rings is 1. The number of nitrogens with one attached hydrogen (secondary N) is 2. The van der Waals surface area contributed by atoms with Gasteiger partial charge in [0.25, 0.3) is 0 Å². The van der Waals surface area contributed by atoms with Crippen LogP contribution in [0, 0.1) is 0 Å². The highest BCUT2D eigenvalue weighted by atomic mass is 127. The van der Waals surface area contributed by atoms with Gasteiger partial charge in [-0.15, -0.1) is 24.0 Å². The van der Waals surface area contributed by atoms with Crippen molar-refractivity contribution in [2.75, 3.05) is 32.6 Å². The molecule has 1 aliphatic rings. The summed E-state index contributed by atoms with van der Waals surface area (Å²) in [7, 11) is 1.69. The normalized spacial score (nSPS) is 17.1. The molecular formula is C18H27F3IN3OS. The molecule has 0 unspecified atom stereocenters. The van der Waals surface area contributed by atoms with Gasteiger partial charge in [0, 0.05) is 38.1 Å². The average molecular weight is 517 g/mol. The first-order chi connectivity index (χ1) is 12.4. The van der Waals surface area contributed by atoms with Crippen LogP contribution in [0.2, 0.25) is 0 Å². The van der Waals surface area contributed by atoms with Crippen LogP contribution in [0.5, 0.6) is 0 Å². The van der Waals surface area contributed by atoms with Gasteiger partial charge in [-0.05, 0) is 36.3 Å². The number of hydrogen-bond donors (Lipinski definition) is 2. The van der Waals surface area contributed by atoms with Crippen molar-refractivity contribution in [3.05, 3.63) is 35.4 Å². The van der Waals surface area contributed by atoms with E-state index in [4.69, 9.17) is 4.74 Å². The van der Waals surface area contributed by atoms with Gasteiger partial charge in [-0.1, -0.05) is 19.1 Å². The predicted octanol–water partition coefficient (Wildman–Crippen LogP) is 4.29. The van der Waals surface area contributed by atoms with Crippen LogP contribution < -0.4 is 10.6 Å². The Balaban J connectivity index is 0.00000364. The molecule has 0 radical (unpaired) electrons. The summed E-state index contributed by atoms with van der Waals surface area (Å²) in [5, 5.41) is 6.51. The van der Waals surface area contributed by atoms with Gasteiger partial charge in [0.2, 0.25) is 0 Å². The monoisotopic (exact) mass is 517 g/mol. The van der Waals surface area contributed by atoms with Crippen molar-refractivity contribution in [3.8, 4) is 0 Å². The molecule has 0 atom stereocenters. The second-order valence-corrected chi connectivity index (χ2v) is 7.93. The molecule has 2 N–H and O–H groups in total. The SMILES string of the molecule is CCSC1(CNC(=NC)NCc2ccc(C(F)(F)F)cc2)CCOCC1.I. The van der Waals surface area contributed by atoms with Gasteiger partial charge in [0.1, 0.15) is 0 Å². The number of guanidine groups is 1. The first kappa shape index (κ1) is 24.4. The minimum atomic E-state index is -4.31. The number of thioether (sulfide) groups is 1. The van der Waals surface area contributed by atoms with E-state index < -0.39 is 11.7 Å². The Morgan fingerprint density at radius 3 is 2.33 bits per heavy atom. The van der Waals surface area contributed by atoms with Crippen molar-refractivity contribution in [3.63, 3.8) is 0 Å². The number of hydrogen-bond acceptors (Lipinski definition) is 3. The van der Waals surface area contributed by atoms with Crippen LogP contribution in [-0.2, 0) is 17.5 Å². The topological polar surface area (TPSA) is 45.7 Å². The maximum absolute atomic E-state index is 12.6. The van der Waals surface area contributed by atoms with Crippen LogP contribution >= 0.6 is 35.7 Å². The lowest BCUT2D eigenvalue weighted by Gasteiger charge is -2.37. The maximum Gasteiger partial charge on any atom is 0.416 e. The summed E-state index contributed by atoms with van der Waals surface area (Å²) in [6, 6.07) is 5.16. The van der Waals surface area contributed by atoms with E-state index in [-0.39, 0.29) is 28.7 Å². The van der Waals surface area contributed by atoms with Gasteiger partial charge in [-0.25, -0.2) is 0 Å². The van der Waals surface area contributed by atoms with Crippen LogP contribution in [0.3, 0.4) is 0 Å². The smallest absolute Gasteiger partial charge is 0.381 e. The van der Waals surface area contributed by atoms with E-state index in [9.17, 15) is 13.2 Å². The van der Waals surface area contributed by atoms with Gasteiger partial charge in [0.15, 0.2) is 5.96 Å². The van der Waals surface area contributed by atoms with Crippen LogP contribution in [0.25, 0.3) is 0 Å². The zero-order valence-corrected chi connectivity index (χ0v) is 18.7. The van der Waals surface area contributed by atoms with Gasteiger partial charge in [-0.3, -0.25) is 4.99 Å². The molecule has 0 spiro atoms. The van der Waals surface area contributed by atoms with E-state index in [2.05, 4.69) is 22.5 Å². The first-order valence-corrected chi connectivity index (χ1v) is 9.69. The Labute approximate surface area is 180 Å². The van der Waals surface area contributed by atoms with Gasteiger partial charge < -0.3 is 15.4 Å². The van der Waals surface area contributed by atoms with E-state index >= 15 is 0 Å². The van der Waals surface area contributed by atoms with Gasteiger partial charge in [0.05, 0.1) is 5.56 Å². The molecule has 1 aromatic rings. The zero-order chi connectivity index (χ0) is 19.0. The fraction of sp³-hybridized carbons (Fsp3) is 0.611. The highest BCUT2D eigenvalue weighted by molar-refractivity contribution is 14.0. The molecule has 4 nitrogen and oxygen atoms in total. The van der Waals surface area contributed by atoms with Crippen LogP contribution in [0.15, 0.2) is 29.3 Å². The summed E-state index contributed by atoms with van der Waals surface area (Å²) in [5.74, 6) is 1.69. The first-order valence-electron chi connectivity index (χ1n) is 8.71. The lowest BCUT2D eigenvalue weighted by atomic mass is 9.99. The lowest BCUT2D eigenvalue weighted by molar-refractivity contribution is -0.137. The summed E-state index contributed by atoms with van der Waals surface area (Å²) in [6.07, 6.45) is -2.32. The second kappa shape index (κ2) is 11.4. The minimum Gasteiger partial charge on any atom is -0.381 e. The van der Waals surface area contributed by atoms with E-state index in [0.29, 0.717) is 12.5 Å². The fourth-order valence-corrected chi connectivity index (χ4v) is 4.13. The predicted molar refractivity (Wildman–Crippen MR) is 116 cm³/mol. The summed E-state index contributed by atoms with van der Waals surface area (Å²) in [4.78, 5) is 4.21. The third-order valence-corrected chi connectivity index (χ3v) is 5.85. The Bertz CT molecular complexity index is 585. The highest BCUT2D eigenvalue weighted by Gasteiger charge is 2.33. The molecule has 0 aliphatic carbocycles. The summed E-state index contributed by atoms with van der Waals surface area (Å²) in [5.41, 5.74) is 0.131. The third-order valence-electron chi connectivity index (χ3n) is 4.40. The van der Waals surface area contributed by atoms with Crippen LogP contribution in [-0.4, -0.2) is 43.3 Å². The zero-order valence-electron chi connectivity index (χ0n) is 15.6. The summed E-state index contributed by atoms with van der Waals surface area (Å²) in [6.45, 7) is 4.88. The Hall–Kier alpha value is -0.680. The average Bonchev–Trinajstić information content (AvgIpc) is 2.62. The lowest BCUT2D eigenvalue weighted by Crippen LogP contribution is -2.48. The van der Waals surface area contributed by atoms with Crippen molar-refractivity contribution >= 4 is 41.7 Å². The summed E-state index contributed by atoms with van der Waals surface area (Å²) >= 11 is 1.94. The number of alkyl halides is 3. The van der Waals surface area contributed by atoms with Gasteiger partial charge >= 0.3 is 6.18 Å². The third kappa shape index (κ3) is 7.69. The number of ether oxygens (including phenoxy) is 1. The minimum absolute atomic E-state index is 0. The molecule has 0 amide bonds. The molecule has 1 heterocycles. The second-order valence-electron chi connectivity index (χ2n) is 6.20. The van der Waals surface area contributed by atoms with Crippen LogP contribution in [0.4, 0.5) is 13.2 Å².